The molecule has 29 heavy (non-hydrogen) atoms. The number of hydrogen-bond acceptors (Lipinski definition) is 7. The summed E-state index contributed by atoms with van der Waals surface area (Å²) >= 11 is 0. The SMILES string of the molecule is O=C(NCC(O)C(O)c1ccc([N+](=O)[O-])c2cnccc12)OCc1ccccc1. The number of carbonyl (C=O) groups is 1. The Labute approximate surface area is 165 Å². The lowest BCUT2D eigenvalue weighted by molar-refractivity contribution is -0.383. The lowest BCUT2D eigenvalue weighted by atomic mass is 9.97. The molecule has 2 unspecified atom stereocenters. The van der Waals surface area contributed by atoms with Crippen LogP contribution in [-0.4, -0.2) is 38.9 Å². The van der Waals surface area contributed by atoms with Gasteiger partial charge in [-0.2, -0.15) is 0 Å². The summed E-state index contributed by atoms with van der Waals surface area (Å²) in [6.07, 6.45) is -0.701. The summed E-state index contributed by atoms with van der Waals surface area (Å²) in [5, 5.41) is 35.0. The third-order valence-electron chi connectivity index (χ3n) is 4.38. The maximum Gasteiger partial charge on any atom is 0.407 e. The quantitative estimate of drug-likeness (QED) is 0.412. The van der Waals surface area contributed by atoms with Crippen molar-refractivity contribution in [1.29, 1.82) is 0 Å². The van der Waals surface area contributed by atoms with Gasteiger partial charge in [-0.3, -0.25) is 15.1 Å². The van der Waals surface area contributed by atoms with Crippen LogP contribution in [0.1, 0.15) is 17.2 Å². The van der Waals surface area contributed by atoms with E-state index >= 15 is 0 Å². The fourth-order valence-corrected chi connectivity index (χ4v) is 2.90. The van der Waals surface area contributed by atoms with Gasteiger partial charge >= 0.3 is 6.09 Å². The largest absolute Gasteiger partial charge is 0.445 e. The summed E-state index contributed by atoms with van der Waals surface area (Å²) in [6.45, 7) is -0.191. The first kappa shape index (κ1) is 20.2. The maximum atomic E-state index is 11.8. The minimum absolute atomic E-state index is 0.0747. The molecular weight excluding hydrogens is 378 g/mol. The first-order valence-electron chi connectivity index (χ1n) is 8.79. The first-order valence-corrected chi connectivity index (χ1v) is 8.79. The number of nitrogens with one attached hydrogen (secondary N) is 1. The Hall–Kier alpha value is -3.56. The third kappa shape index (κ3) is 4.84. The average molecular weight is 397 g/mol. The van der Waals surface area contributed by atoms with Crippen LogP contribution < -0.4 is 5.32 Å². The predicted octanol–water partition coefficient (Wildman–Crippen LogP) is 2.46. The number of hydrogen-bond donors (Lipinski definition) is 3. The fraction of sp³-hybridized carbons (Fsp3) is 0.200. The number of amides is 1. The number of nitro benzene ring substituents is 1. The van der Waals surface area contributed by atoms with Crippen LogP contribution in [0.5, 0.6) is 0 Å². The molecule has 0 aliphatic heterocycles. The summed E-state index contributed by atoms with van der Waals surface area (Å²) in [7, 11) is 0. The van der Waals surface area contributed by atoms with Crippen molar-refractivity contribution in [2.45, 2.75) is 18.8 Å². The number of alkyl carbamates (subject to hydrolysis) is 1. The molecule has 3 N–H and O–H groups in total. The van der Waals surface area contributed by atoms with Gasteiger partial charge < -0.3 is 20.3 Å². The van der Waals surface area contributed by atoms with Crippen molar-refractivity contribution in [3.8, 4) is 0 Å². The number of rotatable bonds is 7. The Morgan fingerprint density at radius 2 is 1.90 bits per heavy atom. The standard InChI is InChI=1S/C20H19N3O6/c24-18(11-22-20(26)29-12-13-4-2-1-3-5-13)19(25)15-6-7-17(23(27)28)16-10-21-9-8-14(15)16/h1-10,18-19,24-25H,11-12H2,(H,22,26). The number of aliphatic hydroxyl groups excluding tert-OH is 2. The van der Waals surface area contributed by atoms with Gasteiger partial charge in [0.25, 0.3) is 5.69 Å². The van der Waals surface area contributed by atoms with E-state index in [0.717, 1.165) is 5.56 Å². The molecule has 3 aromatic rings. The second kappa shape index (κ2) is 9.09. The van der Waals surface area contributed by atoms with Gasteiger partial charge in [-0.25, -0.2) is 4.79 Å². The number of nitro groups is 1. The number of aliphatic hydroxyl groups is 2. The predicted molar refractivity (Wildman–Crippen MR) is 104 cm³/mol. The fourth-order valence-electron chi connectivity index (χ4n) is 2.90. The molecule has 9 heteroatoms. The minimum Gasteiger partial charge on any atom is -0.445 e. The molecule has 3 rings (SSSR count). The highest BCUT2D eigenvalue weighted by atomic mass is 16.6. The molecule has 0 radical (unpaired) electrons. The lowest BCUT2D eigenvalue weighted by Gasteiger charge is -2.20. The Morgan fingerprint density at radius 1 is 1.14 bits per heavy atom. The van der Waals surface area contributed by atoms with E-state index in [9.17, 15) is 25.1 Å². The van der Waals surface area contributed by atoms with E-state index in [0.29, 0.717) is 10.9 Å². The average Bonchev–Trinajstić information content (AvgIpc) is 2.75. The van der Waals surface area contributed by atoms with Crippen LogP contribution in [0, 0.1) is 10.1 Å². The Kier molecular flexibility index (Phi) is 6.32. The monoisotopic (exact) mass is 397 g/mol. The van der Waals surface area contributed by atoms with Gasteiger partial charge in [0.1, 0.15) is 18.8 Å². The number of aromatic nitrogens is 1. The van der Waals surface area contributed by atoms with Crippen molar-refractivity contribution in [1.82, 2.24) is 10.3 Å². The van der Waals surface area contributed by atoms with Gasteiger partial charge in [0.05, 0.1) is 10.3 Å². The lowest BCUT2D eigenvalue weighted by Crippen LogP contribution is -2.35. The van der Waals surface area contributed by atoms with Crippen LogP contribution in [0.4, 0.5) is 10.5 Å². The first-order chi connectivity index (χ1) is 14.0. The van der Waals surface area contributed by atoms with E-state index in [4.69, 9.17) is 4.74 Å². The highest BCUT2D eigenvalue weighted by Gasteiger charge is 2.24. The topological polar surface area (TPSA) is 135 Å². The van der Waals surface area contributed by atoms with Crippen molar-refractivity contribution in [3.63, 3.8) is 0 Å². The smallest absolute Gasteiger partial charge is 0.407 e. The molecule has 2 atom stereocenters. The van der Waals surface area contributed by atoms with E-state index in [-0.39, 0.29) is 24.2 Å². The number of non-ortho nitro benzene ring substituents is 1. The number of pyridine rings is 1. The van der Waals surface area contributed by atoms with Crippen LogP contribution >= 0.6 is 0 Å². The van der Waals surface area contributed by atoms with Gasteiger partial charge in [0.15, 0.2) is 0 Å². The van der Waals surface area contributed by atoms with Crippen LogP contribution in [0.3, 0.4) is 0 Å². The molecule has 0 aliphatic rings. The Bertz CT molecular complexity index is 1010. The van der Waals surface area contributed by atoms with Crippen LogP contribution in [0.2, 0.25) is 0 Å². The third-order valence-corrected chi connectivity index (χ3v) is 4.38. The Balaban J connectivity index is 1.64. The molecule has 9 nitrogen and oxygen atoms in total. The van der Waals surface area contributed by atoms with E-state index in [1.165, 1.54) is 30.6 Å². The summed E-state index contributed by atoms with van der Waals surface area (Å²) in [5.74, 6) is 0. The number of carbonyl (C=O) groups excluding carboxylic acids is 1. The van der Waals surface area contributed by atoms with Crippen molar-refractivity contribution in [2.75, 3.05) is 6.54 Å². The van der Waals surface area contributed by atoms with Gasteiger partial charge in [-0.15, -0.1) is 0 Å². The van der Waals surface area contributed by atoms with Crippen molar-refractivity contribution in [2.24, 2.45) is 0 Å². The van der Waals surface area contributed by atoms with E-state index in [1.54, 1.807) is 12.1 Å². The zero-order chi connectivity index (χ0) is 20.8. The number of benzene rings is 2. The van der Waals surface area contributed by atoms with E-state index in [1.807, 2.05) is 18.2 Å². The molecular formula is C20H19N3O6. The zero-order valence-corrected chi connectivity index (χ0v) is 15.3. The Morgan fingerprint density at radius 3 is 2.62 bits per heavy atom. The summed E-state index contributed by atoms with van der Waals surface area (Å²) in [6, 6.07) is 13.2. The van der Waals surface area contributed by atoms with E-state index < -0.39 is 23.2 Å². The summed E-state index contributed by atoms with van der Waals surface area (Å²) in [4.78, 5) is 26.3. The molecule has 1 heterocycles. The number of fused-ring (bicyclic) bond motifs is 1. The second-order valence-corrected chi connectivity index (χ2v) is 6.31. The molecule has 2 aromatic carbocycles. The highest BCUT2D eigenvalue weighted by molar-refractivity contribution is 5.92. The maximum absolute atomic E-state index is 11.8. The highest BCUT2D eigenvalue weighted by Crippen LogP contribution is 2.31. The molecule has 0 fully saturated rings. The van der Waals surface area contributed by atoms with Crippen LogP contribution in [-0.2, 0) is 11.3 Å². The van der Waals surface area contributed by atoms with Crippen molar-refractivity contribution >= 4 is 22.6 Å². The summed E-state index contributed by atoms with van der Waals surface area (Å²) < 4.78 is 5.05. The van der Waals surface area contributed by atoms with Gasteiger partial charge in [-0.05, 0) is 28.6 Å². The normalized spacial score (nSPS) is 12.9. The number of ether oxygens (including phenoxy) is 1. The van der Waals surface area contributed by atoms with Gasteiger partial charge in [-0.1, -0.05) is 30.3 Å². The van der Waals surface area contributed by atoms with Crippen LogP contribution in [0.25, 0.3) is 10.8 Å². The molecule has 1 amide bonds. The zero-order valence-electron chi connectivity index (χ0n) is 15.3. The molecule has 0 aliphatic carbocycles. The molecule has 150 valence electrons. The molecule has 0 spiro atoms. The van der Waals surface area contributed by atoms with Gasteiger partial charge in [0.2, 0.25) is 0 Å². The van der Waals surface area contributed by atoms with E-state index in [2.05, 4.69) is 10.3 Å². The van der Waals surface area contributed by atoms with Crippen LogP contribution in [0.15, 0.2) is 60.9 Å². The summed E-state index contributed by atoms with van der Waals surface area (Å²) in [5.41, 5.74) is 0.954. The van der Waals surface area contributed by atoms with Crippen molar-refractivity contribution < 1.29 is 24.7 Å². The minimum atomic E-state index is -1.38. The molecule has 1 aromatic heterocycles. The molecule has 0 saturated carbocycles. The van der Waals surface area contributed by atoms with Crippen molar-refractivity contribution in [3.05, 3.63) is 82.2 Å². The molecule has 0 saturated heterocycles. The number of nitrogens with zero attached hydrogens (tertiary/aromatic N) is 2. The molecule has 0 bridgehead atoms. The van der Waals surface area contributed by atoms with Gasteiger partial charge in [0, 0.05) is 25.0 Å². The second-order valence-electron chi connectivity index (χ2n) is 6.31.